The lowest BCUT2D eigenvalue weighted by molar-refractivity contribution is 0.152. The first-order chi connectivity index (χ1) is 11.7. The molecule has 0 radical (unpaired) electrons. The fourth-order valence-corrected chi connectivity index (χ4v) is 1.94. The Kier molecular flexibility index (Phi) is 6.64. The molecule has 0 saturated heterocycles. The molecule has 0 fully saturated rings. The fourth-order valence-electron chi connectivity index (χ4n) is 1.94. The monoisotopic (exact) mass is 328 g/mol. The minimum atomic E-state index is -0.594. The van der Waals surface area contributed by atoms with E-state index in [1.165, 1.54) is 6.21 Å². The summed E-state index contributed by atoms with van der Waals surface area (Å²) in [4.78, 5) is 11.1. The van der Waals surface area contributed by atoms with Crippen LogP contribution in [0, 0.1) is 0 Å². The first-order valence-electron chi connectivity index (χ1n) is 7.53. The zero-order chi connectivity index (χ0) is 17.2. The Balaban J connectivity index is 1.99. The molecule has 0 saturated carbocycles. The van der Waals surface area contributed by atoms with Crippen LogP contribution in [0.1, 0.15) is 18.1 Å². The molecule has 0 heterocycles. The van der Waals surface area contributed by atoms with E-state index in [4.69, 9.17) is 14.2 Å². The van der Waals surface area contributed by atoms with Gasteiger partial charge in [-0.25, -0.2) is 10.2 Å². The summed E-state index contributed by atoms with van der Waals surface area (Å²) >= 11 is 0. The number of nitrogens with one attached hydrogen (secondary N) is 1. The second-order valence-electron chi connectivity index (χ2n) is 4.78. The van der Waals surface area contributed by atoms with Gasteiger partial charge < -0.3 is 14.2 Å². The van der Waals surface area contributed by atoms with Gasteiger partial charge in [0.1, 0.15) is 6.61 Å². The van der Waals surface area contributed by atoms with Gasteiger partial charge in [-0.15, -0.1) is 0 Å². The topological polar surface area (TPSA) is 69.2 Å². The van der Waals surface area contributed by atoms with Crippen molar-refractivity contribution in [3.63, 3.8) is 0 Å². The van der Waals surface area contributed by atoms with Gasteiger partial charge in [0.15, 0.2) is 11.5 Å². The van der Waals surface area contributed by atoms with Crippen LogP contribution < -0.4 is 14.9 Å². The Hall–Kier alpha value is -3.02. The normalized spacial score (nSPS) is 10.4. The zero-order valence-corrected chi connectivity index (χ0v) is 13.7. The van der Waals surface area contributed by atoms with E-state index in [0.717, 1.165) is 11.1 Å². The smallest absolute Gasteiger partial charge is 0.427 e. The number of methoxy groups -OCH3 is 1. The van der Waals surface area contributed by atoms with Crippen LogP contribution in [0.4, 0.5) is 4.79 Å². The minimum Gasteiger partial charge on any atom is -0.493 e. The predicted octanol–water partition coefficient (Wildman–Crippen LogP) is 3.35. The quantitative estimate of drug-likeness (QED) is 0.625. The van der Waals surface area contributed by atoms with Crippen molar-refractivity contribution in [2.75, 3.05) is 13.7 Å². The summed E-state index contributed by atoms with van der Waals surface area (Å²) in [5.41, 5.74) is 4.10. The number of hydrogen-bond acceptors (Lipinski definition) is 5. The number of ether oxygens (including phenoxy) is 3. The first-order valence-corrected chi connectivity index (χ1v) is 7.53. The zero-order valence-electron chi connectivity index (χ0n) is 13.7. The van der Waals surface area contributed by atoms with E-state index in [-0.39, 0.29) is 0 Å². The van der Waals surface area contributed by atoms with Crippen molar-refractivity contribution in [3.8, 4) is 11.5 Å². The van der Waals surface area contributed by atoms with E-state index in [0.29, 0.717) is 24.7 Å². The Morgan fingerprint density at radius 3 is 2.67 bits per heavy atom. The molecule has 1 amide bonds. The first kappa shape index (κ1) is 17.3. The summed E-state index contributed by atoms with van der Waals surface area (Å²) in [7, 11) is 1.57. The highest BCUT2D eigenvalue weighted by molar-refractivity contribution is 5.82. The average Bonchev–Trinajstić information content (AvgIpc) is 2.61. The van der Waals surface area contributed by atoms with Gasteiger partial charge >= 0.3 is 6.09 Å². The van der Waals surface area contributed by atoms with Gasteiger partial charge in [-0.3, -0.25) is 0 Å². The molecular formula is C18H20N2O4. The maximum atomic E-state index is 11.1. The van der Waals surface area contributed by atoms with Gasteiger partial charge in [0.2, 0.25) is 0 Å². The summed E-state index contributed by atoms with van der Waals surface area (Å²) in [6.07, 6.45) is 0.906. The third-order valence-corrected chi connectivity index (χ3v) is 3.07. The molecule has 1 N–H and O–H groups in total. The molecule has 0 spiro atoms. The standard InChI is InChI=1S/C18H20N2O4/c1-3-23-18(21)20-19-12-15-9-10-16(17(11-15)22-2)24-13-14-7-5-4-6-8-14/h4-12H,3,13H2,1-2H3,(H,20,21). The van der Waals surface area contributed by atoms with E-state index >= 15 is 0 Å². The van der Waals surface area contributed by atoms with Gasteiger partial charge in [0.05, 0.1) is 19.9 Å². The lowest BCUT2D eigenvalue weighted by Gasteiger charge is -2.11. The number of hydrogen-bond donors (Lipinski definition) is 1. The second-order valence-corrected chi connectivity index (χ2v) is 4.78. The number of rotatable bonds is 7. The number of amides is 1. The molecule has 0 bridgehead atoms. The molecule has 0 unspecified atom stereocenters. The summed E-state index contributed by atoms with van der Waals surface area (Å²) in [5.74, 6) is 1.22. The van der Waals surface area contributed by atoms with Crippen molar-refractivity contribution in [2.24, 2.45) is 5.10 Å². The Bertz CT molecular complexity index is 687. The number of benzene rings is 2. The highest BCUT2D eigenvalue weighted by Gasteiger charge is 2.06. The largest absolute Gasteiger partial charge is 0.493 e. The van der Waals surface area contributed by atoms with Crippen molar-refractivity contribution < 1.29 is 19.0 Å². The van der Waals surface area contributed by atoms with Crippen molar-refractivity contribution in [1.29, 1.82) is 0 Å². The lowest BCUT2D eigenvalue weighted by Crippen LogP contribution is -2.18. The van der Waals surface area contributed by atoms with Crippen molar-refractivity contribution in [3.05, 3.63) is 59.7 Å². The van der Waals surface area contributed by atoms with Crippen LogP contribution in [-0.4, -0.2) is 26.0 Å². The molecule has 126 valence electrons. The van der Waals surface area contributed by atoms with Gasteiger partial charge in [0, 0.05) is 0 Å². The summed E-state index contributed by atoms with van der Waals surface area (Å²) < 4.78 is 15.8. The molecule has 0 aliphatic heterocycles. The Labute approximate surface area is 141 Å². The van der Waals surface area contributed by atoms with E-state index in [1.54, 1.807) is 26.2 Å². The molecule has 0 aliphatic carbocycles. The lowest BCUT2D eigenvalue weighted by atomic mass is 10.2. The fraction of sp³-hybridized carbons (Fsp3) is 0.222. The molecule has 0 aromatic heterocycles. The molecular weight excluding hydrogens is 308 g/mol. The predicted molar refractivity (Wildman–Crippen MR) is 91.5 cm³/mol. The maximum absolute atomic E-state index is 11.1. The van der Waals surface area contributed by atoms with Crippen LogP contribution >= 0.6 is 0 Å². The molecule has 6 heteroatoms. The molecule has 6 nitrogen and oxygen atoms in total. The van der Waals surface area contributed by atoms with Gasteiger partial charge in [0.25, 0.3) is 0 Å². The third-order valence-electron chi connectivity index (χ3n) is 3.07. The molecule has 0 atom stereocenters. The number of nitrogens with zero attached hydrogens (tertiary/aromatic N) is 1. The summed E-state index contributed by atoms with van der Waals surface area (Å²) in [6, 6.07) is 15.3. The summed E-state index contributed by atoms with van der Waals surface area (Å²) in [6.45, 7) is 2.47. The highest BCUT2D eigenvalue weighted by Crippen LogP contribution is 2.28. The van der Waals surface area contributed by atoms with Crippen molar-refractivity contribution >= 4 is 12.3 Å². The molecule has 2 rings (SSSR count). The van der Waals surface area contributed by atoms with Crippen LogP contribution in [0.25, 0.3) is 0 Å². The van der Waals surface area contributed by atoms with Gasteiger partial charge in [-0.1, -0.05) is 30.3 Å². The van der Waals surface area contributed by atoms with E-state index in [1.807, 2.05) is 36.4 Å². The molecule has 0 aliphatic rings. The molecule has 2 aromatic carbocycles. The molecule has 2 aromatic rings. The SMILES string of the molecule is CCOC(=O)NN=Cc1ccc(OCc2ccccc2)c(OC)c1. The number of hydrazone groups is 1. The van der Waals surface area contributed by atoms with E-state index in [9.17, 15) is 4.79 Å². The van der Waals surface area contributed by atoms with E-state index in [2.05, 4.69) is 10.5 Å². The van der Waals surface area contributed by atoms with Crippen molar-refractivity contribution in [2.45, 2.75) is 13.5 Å². The second kappa shape index (κ2) is 9.19. The Morgan fingerprint density at radius 2 is 1.96 bits per heavy atom. The van der Waals surface area contributed by atoms with Crippen molar-refractivity contribution in [1.82, 2.24) is 5.43 Å². The van der Waals surface area contributed by atoms with Gasteiger partial charge in [-0.2, -0.15) is 5.10 Å². The minimum absolute atomic E-state index is 0.294. The van der Waals surface area contributed by atoms with Gasteiger partial charge in [-0.05, 0) is 36.2 Å². The maximum Gasteiger partial charge on any atom is 0.427 e. The summed E-state index contributed by atoms with van der Waals surface area (Å²) in [5, 5.41) is 3.81. The Morgan fingerprint density at radius 1 is 1.17 bits per heavy atom. The number of carbonyl (C=O) groups excluding carboxylic acids is 1. The average molecular weight is 328 g/mol. The van der Waals surface area contributed by atoms with E-state index < -0.39 is 6.09 Å². The van der Waals surface area contributed by atoms with Crippen LogP contribution in [0.5, 0.6) is 11.5 Å². The third kappa shape index (κ3) is 5.31. The van der Waals surface area contributed by atoms with Crippen LogP contribution in [0.3, 0.4) is 0 Å². The molecule has 24 heavy (non-hydrogen) atoms. The number of carbonyl (C=O) groups is 1. The van der Waals surface area contributed by atoms with Crippen LogP contribution in [0.2, 0.25) is 0 Å². The van der Waals surface area contributed by atoms with Crippen LogP contribution in [0.15, 0.2) is 53.6 Å². The van der Waals surface area contributed by atoms with Crippen LogP contribution in [-0.2, 0) is 11.3 Å². The highest BCUT2D eigenvalue weighted by atomic mass is 16.5.